The van der Waals surface area contributed by atoms with E-state index in [1.807, 2.05) is 0 Å². The van der Waals surface area contributed by atoms with Crippen LogP contribution < -0.4 is 5.32 Å². The number of rotatable bonds is 4. The molecule has 1 unspecified atom stereocenters. The molecule has 6 nitrogen and oxygen atoms in total. The monoisotopic (exact) mass is 390 g/mol. The number of alkyl halides is 3. The maximum Gasteiger partial charge on any atom is 0.416 e. The van der Waals surface area contributed by atoms with Crippen LogP contribution in [0.15, 0.2) is 42.6 Å². The second-order valence-corrected chi connectivity index (χ2v) is 6.75. The molecule has 1 aromatic carbocycles. The lowest BCUT2D eigenvalue weighted by Gasteiger charge is -2.21. The van der Waals surface area contributed by atoms with E-state index in [4.69, 9.17) is 4.74 Å². The molecule has 2 aromatic heterocycles. The molecule has 1 aliphatic rings. The molecule has 4 rings (SSSR count). The van der Waals surface area contributed by atoms with Gasteiger partial charge < -0.3 is 15.2 Å². The zero-order valence-electron chi connectivity index (χ0n) is 14.7. The maximum atomic E-state index is 12.8. The Morgan fingerprint density at radius 2 is 1.93 bits per heavy atom. The highest BCUT2D eigenvalue weighted by molar-refractivity contribution is 5.97. The topological polar surface area (TPSA) is 80.2 Å². The molecule has 2 N–H and O–H groups in total. The molecule has 0 bridgehead atoms. The van der Waals surface area contributed by atoms with Crippen molar-refractivity contribution >= 4 is 16.7 Å². The van der Waals surface area contributed by atoms with Crippen LogP contribution in [-0.2, 0) is 10.9 Å². The van der Waals surface area contributed by atoms with Crippen LogP contribution in [0.4, 0.5) is 19.0 Å². The predicted octanol–water partition coefficient (Wildman–Crippen LogP) is 3.27. The van der Waals surface area contributed by atoms with Gasteiger partial charge in [-0.2, -0.15) is 13.2 Å². The Morgan fingerprint density at radius 3 is 2.61 bits per heavy atom. The highest BCUT2D eigenvalue weighted by atomic mass is 19.4. The lowest BCUT2D eigenvalue weighted by Crippen LogP contribution is -2.37. The molecule has 0 saturated carbocycles. The number of benzene rings is 1. The van der Waals surface area contributed by atoms with Gasteiger partial charge in [0.1, 0.15) is 16.8 Å². The summed E-state index contributed by atoms with van der Waals surface area (Å²) in [7, 11) is 0. The number of halogens is 3. The molecule has 0 radical (unpaired) electrons. The van der Waals surface area contributed by atoms with Gasteiger partial charge in [0.2, 0.25) is 0 Å². The molecule has 146 valence electrons. The van der Waals surface area contributed by atoms with E-state index in [-0.39, 0.29) is 13.2 Å². The van der Waals surface area contributed by atoms with E-state index in [0.29, 0.717) is 41.0 Å². The molecule has 0 spiro atoms. The Hall–Kier alpha value is -2.78. The molecule has 0 aliphatic carbocycles. The van der Waals surface area contributed by atoms with Crippen molar-refractivity contribution in [3.63, 3.8) is 0 Å². The van der Waals surface area contributed by atoms with Crippen molar-refractivity contribution in [3.05, 3.63) is 48.2 Å². The number of aromatic nitrogens is 3. The Kier molecular flexibility index (Phi) is 4.64. The molecule has 1 fully saturated rings. The molecular weight excluding hydrogens is 373 g/mol. The summed E-state index contributed by atoms with van der Waals surface area (Å²) in [6.45, 7) is 0.984. The van der Waals surface area contributed by atoms with E-state index in [1.54, 1.807) is 18.3 Å². The van der Waals surface area contributed by atoms with Crippen molar-refractivity contribution < 1.29 is 23.0 Å². The Morgan fingerprint density at radius 1 is 1.14 bits per heavy atom. The standard InChI is InChI=1S/C19H17F3N4O2/c20-19(21,22)13-5-3-12(4-6-13)15-16-14(2-1-8-23-16)17(26-25-15)24-10-18(27)7-9-28-11-18/h1-6,8,27H,7,9-11H2,(H,24,26). The summed E-state index contributed by atoms with van der Waals surface area (Å²) in [5.74, 6) is 0.444. The number of fused-ring (bicyclic) bond motifs is 1. The first-order chi connectivity index (χ1) is 13.4. The second kappa shape index (κ2) is 6.99. The summed E-state index contributed by atoms with van der Waals surface area (Å²) in [5.41, 5.74) is -0.319. The number of aliphatic hydroxyl groups is 1. The van der Waals surface area contributed by atoms with Crippen LogP contribution in [0.5, 0.6) is 0 Å². The minimum Gasteiger partial charge on any atom is -0.386 e. The fraction of sp³-hybridized carbons (Fsp3) is 0.316. The maximum absolute atomic E-state index is 12.8. The molecule has 3 heterocycles. The van der Waals surface area contributed by atoms with Gasteiger partial charge in [-0.25, -0.2) is 0 Å². The third-order valence-electron chi connectivity index (χ3n) is 4.69. The van der Waals surface area contributed by atoms with Crippen molar-refractivity contribution in [1.82, 2.24) is 15.2 Å². The second-order valence-electron chi connectivity index (χ2n) is 6.75. The van der Waals surface area contributed by atoms with E-state index in [9.17, 15) is 18.3 Å². The first-order valence-electron chi connectivity index (χ1n) is 8.69. The van der Waals surface area contributed by atoms with Crippen LogP contribution in [0.2, 0.25) is 0 Å². The van der Waals surface area contributed by atoms with Gasteiger partial charge in [-0.05, 0) is 24.3 Å². The zero-order chi connectivity index (χ0) is 19.8. The highest BCUT2D eigenvalue weighted by Crippen LogP contribution is 2.33. The molecule has 28 heavy (non-hydrogen) atoms. The number of nitrogens with zero attached hydrogens (tertiary/aromatic N) is 3. The number of nitrogens with one attached hydrogen (secondary N) is 1. The SMILES string of the molecule is OC1(CNc2nnc(-c3ccc(C(F)(F)F)cc3)c3ncccc23)CCOC1. The van der Waals surface area contributed by atoms with Crippen LogP contribution in [-0.4, -0.2) is 45.6 Å². The minimum atomic E-state index is -4.40. The number of ether oxygens (including phenoxy) is 1. The number of pyridine rings is 1. The van der Waals surface area contributed by atoms with Gasteiger partial charge >= 0.3 is 6.18 Å². The zero-order valence-corrected chi connectivity index (χ0v) is 14.7. The summed E-state index contributed by atoms with van der Waals surface area (Å²) in [4.78, 5) is 4.33. The summed E-state index contributed by atoms with van der Waals surface area (Å²) in [6.07, 6.45) is -2.30. The number of anilines is 1. The van der Waals surface area contributed by atoms with E-state index in [2.05, 4.69) is 20.5 Å². The third-order valence-corrected chi connectivity index (χ3v) is 4.69. The molecule has 9 heteroatoms. The van der Waals surface area contributed by atoms with Crippen LogP contribution >= 0.6 is 0 Å². The highest BCUT2D eigenvalue weighted by Gasteiger charge is 2.32. The van der Waals surface area contributed by atoms with E-state index < -0.39 is 17.3 Å². The fourth-order valence-electron chi connectivity index (χ4n) is 3.11. The number of hydrogen-bond donors (Lipinski definition) is 2. The van der Waals surface area contributed by atoms with Crippen molar-refractivity contribution in [2.45, 2.75) is 18.2 Å². The summed E-state index contributed by atoms with van der Waals surface area (Å²) < 4.78 is 43.6. The van der Waals surface area contributed by atoms with Gasteiger partial charge in [0.15, 0.2) is 5.82 Å². The molecule has 1 atom stereocenters. The van der Waals surface area contributed by atoms with Gasteiger partial charge in [-0.15, -0.1) is 10.2 Å². The lowest BCUT2D eigenvalue weighted by atomic mass is 10.0. The van der Waals surface area contributed by atoms with Gasteiger partial charge in [0, 0.05) is 36.7 Å². The first-order valence-corrected chi connectivity index (χ1v) is 8.69. The van der Waals surface area contributed by atoms with Crippen LogP contribution in [0, 0.1) is 0 Å². The van der Waals surface area contributed by atoms with Gasteiger partial charge in [0.25, 0.3) is 0 Å². The van der Waals surface area contributed by atoms with Crippen molar-refractivity contribution in [2.75, 3.05) is 25.1 Å². The Balaban J connectivity index is 1.67. The van der Waals surface area contributed by atoms with Crippen molar-refractivity contribution in [2.24, 2.45) is 0 Å². The number of hydrogen-bond acceptors (Lipinski definition) is 6. The molecule has 1 aliphatic heterocycles. The lowest BCUT2D eigenvalue weighted by molar-refractivity contribution is -0.137. The summed E-state index contributed by atoms with van der Waals surface area (Å²) in [5, 5.41) is 22.5. The molecule has 0 amide bonds. The Bertz CT molecular complexity index is 987. The largest absolute Gasteiger partial charge is 0.416 e. The van der Waals surface area contributed by atoms with E-state index in [1.165, 1.54) is 12.1 Å². The van der Waals surface area contributed by atoms with E-state index >= 15 is 0 Å². The van der Waals surface area contributed by atoms with Crippen LogP contribution in [0.3, 0.4) is 0 Å². The molecule has 1 saturated heterocycles. The van der Waals surface area contributed by atoms with Gasteiger partial charge in [-0.3, -0.25) is 4.98 Å². The smallest absolute Gasteiger partial charge is 0.386 e. The van der Waals surface area contributed by atoms with Crippen molar-refractivity contribution in [3.8, 4) is 11.3 Å². The molecular formula is C19H17F3N4O2. The average Bonchev–Trinajstić information content (AvgIpc) is 3.12. The molecule has 3 aromatic rings. The van der Waals surface area contributed by atoms with Crippen LogP contribution in [0.1, 0.15) is 12.0 Å². The van der Waals surface area contributed by atoms with Gasteiger partial charge in [0.05, 0.1) is 12.2 Å². The average molecular weight is 390 g/mol. The van der Waals surface area contributed by atoms with Gasteiger partial charge in [-0.1, -0.05) is 12.1 Å². The van der Waals surface area contributed by atoms with Crippen LogP contribution in [0.25, 0.3) is 22.2 Å². The predicted molar refractivity (Wildman–Crippen MR) is 96.6 cm³/mol. The first kappa shape index (κ1) is 18.6. The summed E-state index contributed by atoms with van der Waals surface area (Å²) in [6, 6.07) is 8.25. The third kappa shape index (κ3) is 3.63. The Labute approximate surface area is 158 Å². The van der Waals surface area contributed by atoms with E-state index in [0.717, 1.165) is 12.1 Å². The normalized spacial score (nSPS) is 19.9. The fourth-order valence-corrected chi connectivity index (χ4v) is 3.11. The quantitative estimate of drug-likeness (QED) is 0.712. The summed E-state index contributed by atoms with van der Waals surface area (Å²) >= 11 is 0. The minimum absolute atomic E-state index is 0.241. The van der Waals surface area contributed by atoms with Crippen molar-refractivity contribution in [1.29, 1.82) is 0 Å².